The van der Waals surface area contributed by atoms with E-state index in [0.717, 1.165) is 18.2 Å². The van der Waals surface area contributed by atoms with Gasteiger partial charge in [-0.1, -0.05) is 41.9 Å². The Bertz CT molecular complexity index is 1040. The van der Waals surface area contributed by atoms with Crippen LogP contribution in [0.2, 0.25) is 5.02 Å². The smallest absolute Gasteiger partial charge is 0.255 e. The molecule has 0 aromatic heterocycles. The lowest BCUT2D eigenvalue weighted by atomic mass is 9.98. The van der Waals surface area contributed by atoms with Crippen molar-refractivity contribution in [1.29, 1.82) is 0 Å². The van der Waals surface area contributed by atoms with E-state index in [2.05, 4.69) is 0 Å². The van der Waals surface area contributed by atoms with E-state index < -0.39 is 35.5 Å². The van der Waals surface area contributed by atoms with Gasteiger partial charge in [0.15, 0.2) is 0 Å². The highest BCUT2D eigenvalue weighted by atomic mass is 35.5. The van der Waals surface area contributed by atoms with Crippen molar-refractivity contribution < 1.29 is 18.4 Å². The molecule has 0 heterocycles. The fraction of sp³-hybridized carbons (Fsp3) is 0.130. The topological polar surface area (TPSA) is 63.4 Å². The molecule has 3 rings (SSSR count). The Hall–Kier alpha value is -3.25. The van der Waals surface area contributed by atoms with E-state index >= 15 is 0 Å². The van der Waals surface area contributed by atoms with Gasteiger partial charge >= 0.3 is 0 Å². The highest BCUT2D eigenvalue weighted by molar-refractivity contribution is 6.30. The molecule has 0 fully saturated rings. The van der Waals surface area contributed by atoms with Gasteiger partial charge in [-0.3, -0.25) is 9.59 Å². The highest BCUT2D eigenvalue weighted by Crippen LogP contribution is 2.33. The van der Waals surface area contributed by atoms with E-state index in [1.807, 2.05) is 0 Å². The molecule has 0 saturated heterocycles. The molecule has 3 aromatic carbocycles. The van der Waals surface area contributed by atoms with Crippen LogP contribution in [0, 0.1) is 11.6 Å². The summed E-state index contributed by atoms with van der Waals surface area (Å²) in [5.41, 5.74) is 6.61. The van der Waals surface area contributed by atoms with Gasteiger partial charge in [-0.2, -0.15) is 0 Å². The van der Waals surface area contributed by atoms with Gasteiger partial charge in [0, 0.05) is 16.7 Å². The van der Waals surface area contributed by atoms with Crippen molar-refractivity contribution in [2.45, 2.75) is 19.0 Å². The van der Waals surface area contributed by atoms with Crippen LogP contribution < -0.4 is 5.73 Å². The summed E-state index contributed by atoms with van der Waals surface area (Å²) < 4.78 is 27.7. The summed E-state index contributed by atoms with van der Waals surface area (Å²) in [6, 6.07) is 15.6. The van der Waals surface area contributed by atoms with Gasteiger partial charge in [0.05, 0.1) is 6.04 Å². The first-order chi connectivity index (χ1) is 14.3. The standard InChI is InChI=1S/C23H19ClF2N2O2/c1-14(17-11-19(25)13-20(26)12-17)28(23(30)16-7-9-18(24)10-8-16)21(22(27)29)15-5-3-2-4-6-15/h2-14,21H,1H3,(H2,27,29)/t14-,21-/m1/s1. The number of carbonyl (C=O) groups excluding carboxylic acids is 2. The van der Waals surface area contributed by atoms with Crippen molar-refractivity contribution >= 4 is 23.4 Å². The summed E-state index contributed by atoms with van der Waals surface area (Å²) in [4.78, 5) is 27.1. The molecule has 4 nitrogen and oxygen atoms in total. The molecule has 3 aromatic rings. The van der Waals surface area contributed by atoms with Crippen molar-refractivity contribution in [1.82, 2.24) is 4.90 Å². The van der Waals surface area contributed by atoms with Crippen molar-refractivity contribution in [3.8, 4) is 0 Å². The molecule has 0 spiro atoms. The number of rotatable bonds is 6. The third kappa shape index (κ3) is 4.66. The number of nitrogens with zero attached hydrogens (tertiary/aromatic N) is 1. The summed E-state index contributed by atoms with van der Waals surface area (Å²) in [6.07, 6.45) is 0. The van der Waals surface area contributed by atoms with Crippen LogP contribution in [0.1, 0.15) is 40.5 Å². The van der Waals surface area contributed by atoms with E-state index in [-0.39, 0.29) is 11.1 Å². The van der Waals surface area contributed by atoms with Gasteiger partial charge in [-0.15, -0.1) is 0 Å². The minimum Gasteiger partial charge on any atom is -0.368 e. The van der Waals surface area contributed by atoms with Crippen LogP contribution in [0.5, 0.6) is 0 Å². The number of hydrogen-bond acceptors (Lipinski definition) is 2. The molecule has 0 aliphatic carbocycles. The van der Waals surface area contributed by atoms with Gasteiger partial charge in [0.1, 0.15) is 17.7 Å². The zero-order valence-electron chi connectivity index (χ0n) is 16.1. The summed E-state index contributed by atoms with van der Waals surface area (Å²) in [7, 11) is 0. The van der Waals surface area contributed by atoms with Crippen LogP contribution in [0.3, 0.4) is 0 Å². The molecule has 0 unspecified atom stereocenters. The number of primary amides is 1. The molecule has 30 heavy (non-hydrogen) atoms. The number of halogens is 3. The first-order valence-electron chi connectivity index (χ1n) is 9.16. The van der Waals surface area contributed by atoms with Gasteiger partial charge in [-0.25, -0.2) is 8.78 Å². The van der Waals surface area contributed by atoms with Gasteiger partial charge < -0.3 is 10.6 Å². The summed E-state index contributed by atoms with van der Waals surface area (Å²) in [5, 5.41) is 0.438. The quantitative estimate of drug-likeness (QED) is 0.597. The molecule has 0 radical (unpaired) electrons. The Kier molecular flexibility index (Phi) is 6.47. The lowest BCUT2D eigenvalue weighted by Crippen LogP contribution is -2.43. The summed E-state index contributed by atoms with van der Waals surface area (Å²) >= 11 is 5.92. The predicted octanol–water partition coefficient (Wildman–Crippen LogP) is 5.05. The van der Waals surface area contributed by atoms with Gasteiger partial charge in [0.2, 0.25) is 5.91 Å². The molecular formula is C23H19ClF2N2O2. The van der Waals surface area contributed by atoms with E-state index in [1.54, 1.807) is 49.4 Å². The summed E-state index contributed by atoms with van der Waals surface area (Å²) in [5.74, 6) is -2.87. The Labute approximate surface area is 177 Å². The molecular weight excluding hydrogens is 410 g/mol. The van der Waals surface area contributed by atoms with Crippen LogP contribution >= 0.6 is 11.6 Å². The molecule has 0 bridgehead atoms. The first kappa shape index (κ1) is 21.5. The van der Waals surface area contributed by atoms with Crippen LogP contribution in [0.4, 0.5) is 8.78 Å². The van der Waals surface area contributed by atoms with E-state index in [1.165, 1.54) is 17.0 Å². The van der Waals surface area contributed by atoms with E-state index in [0.29, 0.717) is 10.6 Å². The van der Waals surface area contributed by atoms with Crippen LogP contribution in [-0.4, -0.2) is 16.7 Å². The minimum atomic E-state index is -1.16. The second-order valence-electron chi connectivity index (χ2n) is 6.81. The predicted molar refractivity (Wildman–Crippen MR) is 111 cm³/mol. The van der Waals surface area contributed by atoms with Crippen molar-refractivity contribution in [2.24, 2.45) is 5.73 Å². The van der Waals surface area contributed by atoms with Crippen molar-refractivity contribution in [3.63, 3.8) is 0 Å². The Morgan fingerprint density at radius 2 is 1.47 bits per heavy atom. The van der Waals surface area contributed by atoms with E-state index in [9.17, 15) is 18.4 Å². The third-order valence-corrected chi connectivity index (χ3v) is 5.03. The van der Waals surface area contributed by atoms with Gasteiger partial charge in [-0.05, 0) is 54.4 Å². The number of hydrogen-bond donors (Lipinski definition) is 1. The average Bonchev–Trinajstić information content (AvgIpc) is 2.71. The average molecular weight is 429 g/mol. The second-order valence-corrected chi connectivity index (χ2v) is 7.25. The minimum absolute atomic E-state index is 0.192. The molecule has 154 valence electrons. The Morgan fingerprint density at radius 1 is 0.900 bits per heavy atom. The first-order valence-corrected chi connectivity index (χ1v) is 9.54. The fourth-order valence-electron chi connectivity index (χ4n) is 3.33. The third-order valence-electron chi connectivity index (χ3n) is 4.77. The lowest BCUT2D eigenvalue weighted by molar-refractivity contribution is -0.123. The zero-order valence-corrected chi connectivity index (χ0v) is 16.8. The van der Waals surface area contributed by atoms with E-state index in [4.69, 9.17) is 17.3 Å². The SMILES string of the molecule is C[C@H](c1cc(F)cc(F)c1)N(C(=O)c1ccc(Cl)cc1)[C@@H](C(N)=O)c1ccccc1. The maximum absolute atomic E-state index is 13.9. The Balaban J connectivity index is 2.15. The molecule has 7 heteroatoms. The molecule has 2 amide bonds. The highest BCUT2D eigenvalue weighted by Gasteiger charge is 2.35. The maximum Gasteiger partial charge on any atom is 0.255 e. The van der Waals surface area contributed by atoms with Crippen LogP contribution in [0.15, 0.2) is 72.8 Å². The molecule has 2 atom stereocenters. The van der Waals surface area contributed by atoms with Crippen molar-refractivity contribution in [2.75, 3.05) is 0 Å². The van der Waals surface area contributed by atoms with Crippen molar-refractivity contribution in [3.05, 3.63) is 106 Å². The molecule has 0 aliphatic heterocycles. The number of carbonyl (C=O) groups is 2. The second kappa shape index (κ2) is 9.05. The lowest BCUT2D eigenvalue weighted by Gasteiger charge is -2.35. The van der Waals surface area contributed by atoms with Crippen LogP contribution in [0.25, 0.3) is 0 Å². The molecule has 2 N–H and O–H groups in total. The molecule has 0 aliphatic rings. The Morgan fingerprint density at radius 3 is 2.00 bits per heavy atom. The largest absolute Gasteiger partial charge is 0.368 e. The van der Waals surface area contributed by atoms with Crippen LogP contribution in [-0.2, 0) is 4.79 Å². The normalized spacial score (nSPS) is 12.8. The zero-order chi connectivity index (χ0) is 21.8. The number of nitrogens with two attached hydrogens (primary N) is 1. The molecule has 0 saturated carbocycles. The summed E-state index contributed by atoms with van der Waals surface area (Å²) in [6.45, 7) is 1.58. The number of amides is 2. The van der Waals surface area contributed by atoms with Gasteiger partial charge in [0.25, 0.3) is 5.91 Å². The monoisotopic (exact) mass is 428 g/mol. The number of benzene rings is 3. The fourth-order valence-corrected chi connectivity index (χ4v) is 3.46. The maximum atomic E-state index is 13.9.